The lowest BCUT2D eigenvalue weighted by atomic mass is 9.63. The third-order valence-corrected chi connectivity index (χ3v) is 4.29. The minimum Gasteiger partial charge on any atom is -0.316 e. The standard InChI is InChI=1S/C13H16ClN/c14-11-4-1-3-10-5-8-15-9-13(12(10)11)6-2-7-13/h1,3-4,15H,2,5-9H2. The minimum atomic E-state index is 0.365. The van der Waals surface area contributed by atoms with Crippen LogP contribution < -0.4 is 5.32 Å². The first-order valence-corrected chi connectivity index (χ1v) is 6.18. The molecule has 1 aromatic rings. The fourth-order valence-corrected chi connectivity index (χ4v) is 3.44. The number of halogens is 1. The van der Waals surface area contributed by atoms with Crippen LogP contribution in [-0.2, 0) is 11.8 Å². The summed E-state index contributed by atoms with van der Waals surface area (Å²) in [6.07, 6.45) is 5.08. The smallest absolute Gasteiger partial charge is 0.0446 e. The zero-order valence-electron chi connectivity index (χ0n) is 8.85. The van der Waals surface area contributed by atoms with Gasteiger partial charge in [0, 0.05) is 17.0 Å². The molecule has 1 aliphatic carbocycles. The maximum absolute atomic E-state index is 6.38. The first-order chi connectivity index (χ1) is 7.32. The van der Waals surface area contributed by atoms with Gasteiger partial charge in [-0.05, 0) is 43.0 Å². The average molecular weight is 222 g/mol. The molecule has 0 atom stereocenters. The molecule has 1 N–H and O–H groups in total. The van der Waals surface area contributed by atoms with E-state index in [1.165, 1.54) is 30.4 Å². The summed E-state index contributed by atoms with van der Waals surface area (Å²) in [6.45, 7) is 2.21. The van der Waals surface area contributed by atoms with E-state index in [2.05, 4.69) is 17.4 Å². The summed E-state index contributed by atoms with van der Waals surface area (Å²) >= 11 is 6.38. The Bertz CT molecular complexity index is 382. The molecule has 1 aliphatic heterocycles. The lowest BCUT2D eigenvalue weighted by Gasteiger charge is -2.43. The van der Waals surface area contributed by atoms with E-state index in [-0.39, 0.29) is 0 Å². The summed E-state index contributed by atoms with van der Waals surface area (Å²) in [6, 6.07) is 6.37. The summed E-state index contributed by atoms with van der Waals surface area (Å²) in [5.41, 5.74) is 3.28. The second-order valence-electron chi connectivity index (χ2n) is 4.83. The molecule has 0 unspecified atom stereocenters. The van der Waals surface area contributed by atoms with Gasteiger partial charge in [0.2, 0.25) is 0 Å². The van der Waals surface area contributed by atoms with Crippen LogP contribution in [0.5, 0.6) is 0 Å². The summed E-state index contributed by atoms with van der Waals surface area (Å²) in [7, 11) is 0. The topological polar surface area (TPSA) is 12.0 Å². The largest absolute Gasteiger partial charge is 0.316 e. The normalized spacial score (nSPS) is 23.0. The first-order valence-electron chi connectivity index (χ1n) is 5.80. The van der Waals surface area contributed by atoms with Crippen molar-refractivity contribution in [2.75, 3.05) is 13.1 Å². The SMILES string of the molecule is Clc1cccc2c1C1(CCC1)CNCC2. The van der Waals surface area contributed by atoms with E-state index in [4.69, 9.17) is 11.6 Å². The maximum atomic E-state index is 6.38. The Morgan fingerprint density at radius 2 is 2.13 bits per heavy atom. The van der Waals surface area contributed by atoms with Crippen LogP contribution in [0.4, 0.5) is 0 Å². The van der Waals surface area contributed by atoms with Crippen molar-refractivity contribution in [2.24, 2.45) is 0 Å². The number of fused-ring (bicyclic) bond motifs is 2. The third kappa shape index (κ3) is 1.41. The predicted octanol–water partition coefficient (Wildman–Crippen LogP) is 2.91. The molecule has 1 heterocycles. The van der Waals surface area contributed by atoms with Crippen LogP contribution in [0.1, 0.15) is 30.4 Å². The van der Waals surface area contributed by atoms with Gasteiger partial charge in [-0.3, -0.25) is 0 Å². The highest BCUT2D eigenvalue weighted by atomic mass is 35.5. The molecule has 3 rings (SSSR count). The van der Waals surface area contributed by atoms with Crippen LogP contribution in [0.2, 0.25) is 5.02 Å². The van der Waals surface area contributed by atoms with Gasteiger partial charge in [0.25, 0.3) is 0 Å². The van der Waals surface area contributed by atoms with Crippen molar-refractivity contribution in [3.05, 3.63) is 34.3 Å². The number of benzene rings is 1. The molecule has 0 radical (unpaired) electrons. The van der Waals surface area contributed by atoms with Gasteiger partial charge >= 0.3 is 0 Å². The van der Waals surface area contributed by atoms with E-state index in [0.717, 1.165) is 24.5 Å². The van der Waals surface area contributed by atoms with Gasteiger partial charge in [0.15, 0.2) is 0 Å². The van der Waals surface area contributed by atoms with Gasteiger partial charge in [0.1, 0.15) is 0 Å². The van der Waals surface area contributed by atoms with Gasteiger partial charge in [-0.25, -0.2) is 0 Å². The zero-order chi connectivity index (χ0) is 10.3. The van der Waals surface area contributed by atoms with Crippen LogP contribution in [0.25, 0.3) is 0 Å². The zero-order valence-corrected chi connectivity index (χ0v) is 9.61. The fraction of sp³-hybridized carbons (Fsp3) is 0.538. The van der Waals surface area contributed by atoms with Crippen molar-refractivity contribution >= 4 is 11.6 Å². The van der Waals surface area contributed by atoms with E-state index < -0.39 is 0 Å². The predicted molar refractivity (Wildman–Crippen MR) is 63.6 cm³/mol. The van der Waals surface area contributed by atoms with E-state index in [1.54, 1.807) is 0 Å². The molecular formula is C13H16ClN. The molecule has 15 heavy (non-hydrogen) atoms. The Kier molecular flexibility index (Phi) is 2.26. The molecule has 1 saturated carbocycles. The monoisotopic (exact) mass is 221 g/mol. The van der Waals surface area contributed by atoms with Crippen molar-refractivity contribution < 1.29 is 0 Å². The van der Waals surface area contributed by atoms with E-state index in [1.807, 2.05) is 6.07 Å². The number of nitrogens with one attached hydrogen (secondary N) is 1. The minimum absolute atomic E-state index is 0.365. The Labute approximate surface area is 95.8 Å². The van der Waals surface area contributed by atoms with Gasteiger partial charge in [0.05, 0.1) is 0 Å². The molecule has 1 fully saturated rings. The van der Waals surface area contributed by atoms with Gasteiger partial charge in [-0.15, -0.1) is 0 Å². The Morgan fingerprint density at radius 3 is 2.87 bits per heavy atom. The Balaban J connectivity index is 2.15. The van der Waals surface area contributed by atoms with E-state index >= 15 is 0 Å². The first kappa shape index (κ1) is 9.68. The highest BCUT2D eigenvalue weighted by molar-refractivity contribution is 6.31. The van der Waals surface area contributed by atoms with E-state index in [9.17, 15) is 0 Å². The number of hydrogen-bond acceptors (Lipinski definition) is 1. The Hall–Kier alpha value is -0.530. The molecule has 2 aliphatic rings. The summed E-state index contributed by atoms with van der Waals surface area (Å²) in [4.78, 5) is 0. The summed E-state index contributed by atoms with van der Waals surface area (Å²) in [5.74, 6) is 0. The fourth-order valence-electron chi connectivity index (χ4n) is 3.04. The van der Waals surface area contributed by atoms with Crippen LogP contribution in [0.15, 0.2) is 18.2 Å². The molecule has 1 aromatic carbocycles. The van der Waals surface area contributed by atoms with Crippen LogP contribution in [0, 0.1) is 0 Å². The molecular weight excluding hydrogens is 206 g/mol. The molecule has 2 heteroatoms. The van der Waals surface area contributed by atoms with Crippen molar-refractivity contribution in [3.8, 4) is 0 Å². The lowest BCUT2D eigenvalue weighted by Crippen LogP contribution is -2.43. The van der Waals surface area contributed by atoms with Crippen LogP contribution in [0.3, 0.4) is 0 Å². The average Bonchev–Trinajstić information content (AvgIpc) is 2.37. The van der Waals surface area contributed by atoms with Crippen LogP contribution in [-0.4, -0.2) is 13.1 Å². The molecule has 1 nitrogen and oxygen atoms in total. The molecule has 0 amide bonds. The molecule has 1 spiro atoms. The number of hydrogen-bond donors (Lipinski definition) is 1. The van der Waals surface area contributed by atoms with Crippen molar-refractivity contribution in [1.82, 2.24) is 5.32 Å². The highest BCUT2D eigenvalue weighted by Gasteiger charge is 2.41. The molecule has 80 valence electrons. The number of rotatable bonds is 0. The summed E-state index contributed by atoms with van der Waals surface area (Å²) in [5, 5.41) is 4.54. The molecule has 0 saturated heterocycles. The van der Waals surface area contributed by atoms with Crippen molar-refractivity contribution in [3.63, 3.8) is 0 Å². The molecule has 0 aromatic heterocycles. The van der Waals surface area contributed by atoms with E-state index in [0.29, 0.717) is 5.41 Å². The third-order valence-electron chi connectivity index (χ3n) is 3.98. The quantitative estimate of drug-likeness (QED) is 0.711. The second-order valence-corrected chi connectivity index (χ2v) is 5.24. The van der Waals surface area contributed by atoms with Gasteiger partial charge < -0.3 is 5.32 Å². The second kappa shape index (κ2) is 3.50. The summed E-state index contributed by atoms with van der Waals surface area (Å²) < 4.78 is 0. The Morgan fingerprint density at radius 1 is 1.27 bits per heavy atom. The van der Waals surface area contributed by atoms with Crippen molar-refractivity contribution in [1.29, 1.82) is 0 Å². The van der Waals surface area contributed by atoms with Crippen molar-refractivity contribution in [2.45, 2.75) is 31.1 Å². The van der Waals surface area contributed by atoms with Gasteiger partial charge in [-0.2, -0.15) is 0 Å². The maximum Gasteiger partial charge on any atom is 0.0446 e. The van der Waals surface area contributed by atoms with Gasteiger partial charge in [-0.1, -0.05) is 30.2 Å². The molecule has 0 bridgehead atoms. The lowest BCUT2D eigenvalue weighted by molar-refractivity contribution is 0.239. The highest BCUT2D eigenvalue weighted by Crippen LogP contribution is 2.47. The van der Waals surface area contributed by atoms with Crippen LogP contribution >= 0.6 is 11.6 Å².